The fraction of sp³-hybridized carbons (Fsp3) is 0.500. The van der Waals surface area contributed by atoms with Gasteiger partial charge < -0.3 is 10.1 Å². The molecule has 1 N–H and O–H groups in total. The first-order valence-electron chi connectivity index (χ1n) is 6.59. The molecule has 0 aliphatic heterocycles. The van der Waals surface area contributed by atoms with Crippen LogP contribution >= 0.6 is 0 Å². The van der Waals surface area contributed by atoms with Crippen molar-refractivity contribution < 1.29 is 4.74 Å². The Kier molecular flexibility index (Phi) is 5.93. The van der Waals surface area contributed by atoms with Crippen LogP contribution in [0.3, 0.4) is 0 Å². The number of methoxy groups -OCH3 is 1. The third-order valence-electron chi connectivity index (χ3n) is 3.01. The third-order valence-corrected chi connectivity index (χ3v) is 3.01. The van der Waals surface area contributed by atoms with E-state index in [2.05, 4.69) is 51.2 Å². The Morgan fingerprint density at radius 2 is 2.11 bits per heavy atom. The van der Waals surface area contributed by atoms with Crippen LogP contribution in [0.4, 0.5) is 0 Å². The lowest BCUT2D eigenvalue weighted by atomic mass is 10.0. The lowest BCUT2D eigenvalue weighted by Gasteiger charge is -2.09. The highest BCUT2D eigenvalue weighted by Gasteiger charge is 2.02. The summed E-state index contributed by atoms with van der Waals surface area (Å²) in [5.41, 5.74) is 3.90. The van der Waals surface area contributed by atoms with Crippen molar-refractivity contribution >= 4 is 5.57 Å². The second-order valence-electron chi connectivity index (χ2n) is 4.97. The summed E-state index contributed by atoms with van der Waals surface area (Å²) in [5.74, 6) is 0.922. The van der Waals surface area contributed by atoms with Gasteiger partial charge in [0.05, 0.1) is 7.11 Å². The number of benzene rings is 1. The molecular weight excluding hydrogens is 222 g/mol. The molecule has 2 nitrogen and oxygen atoms in total. The van der Waals surface area contributed by atoms with E-state index in [4.69, 9.17) is 4.74 Å². The monoisotopic (exact) mass is 247 g/mol. The van der Waals surface area contributed by atoms with Crippen molar-refractivity contribution in [3.05, 3.63) is 35.4 Å². The molecule has 0 radical (unpaired) electrons. The zero-order valence-corrected chi connectivity index (χ0v) is 12.2. The fourth-order valence-corrected chi connectivity index (χ4v) is 1.98. The van der Waals surface area contributed by atoms with Crippen LogP contribution in [0.15, 0.2) is 24.3 Å². The summed E-state index contributed by atoms with van der Waals surface area (Å²) in [5, 5.41) is 3.42. The summed E-state index contributed by atoms with van der Waals surface area (Å²) in [6.07, 6.45) is 3.36. The first kappa shape index (κ1) is 14.8. The summed E-state index contributed by atoms with van der Waals surface area (Å²) in [4.78, 5) is 0. The molecule has 0 amide bonds. The Morgan fingerprint density at radius 1 is 1.39 bits per heavy atom. The molecule has 0 heterocycles. The molecule has 0 aliphatic carbocycles. The number of hydrogen-bond acceptors (Lipinski definition) is 2. The van der Waals surface area contributed by atoms with Crippen LogP contribution in [0, 0.1) is 6.92 Å². The van der Waals surface area contributed by atoms with Gasteiger partial charge in [-0.25, -0.2) is 0 Å². The molecule has 0 saturated heterocycles. The number of allylic oxidation sites excluding steroid dienone is 1. The molecule has 0 atom stereocenters. The molecule has 0 fully saturated rings. The minimum Gasteiger partial charge on any atom is -0.497 e. The average Bonchev–Trinajstić information content (AvgIpc) is 2.33. The van der Waals surface area contributed by atoms with E-state index in [1.165, 1.54) is 16.7 Å². The number of aryl methyl sites for hydroxylation is 1. The molecule has 1 rings (SSSR count). The Hall–Kier alpha value is -1.28. The summed E-state index contributed by atoms with van der Waals surface area (Å²) < 4.78 is 5.23. The van der Waals surface area contributed by atoms with Gasteiger partial charge in [-0.3, -0.25) is 0 Å². The number of nitrogens with one attached hydrogen (secondary N) is 1. The van der Waals surface area contributed by atoms with Gasteiger partial charge in [0, 0.05) is 6.04 Å². The predicted molar refractivity (Wildman–Crippen MR) is 79.1 cm³/mol. The molecule has 0 unspecified atom stereocenters. The minimum absolute atomic E-state index is 0.557. The van der Waals surface area contributed by atoms with Crippen molar-refractivity contribution in [3.63, 3.8) is 0 Å². The van der Waals surface area contributed by atoms with E-state index in [0.717, 1.165) is 18.7 Å². The van der Waals surface area contributed by atoms with Crippen LogP contribution in [0.5, 0.6) is 5.75 Å². The Bertz CT molecular complexity index is 408. The van der Waals surface area contributed by atoms with E-state index >= 15 is 0 Å². The molecule has 0 bridgehead atoms. The predicted octanol–water partition coefficient (Wildman–Crippen LogP) is 3.80. The number of rotatable bonds is 6. The standard InChI is InChI=1S/C16H25NO/c1-12(2)17-10-6-7-13(3)16-9-8-15(18-5)11-14(16)4/h7-9,11-12,17H,6,10H2,1-5H3. The Morgan fingerprint density at radius 3 is 2.67 bits per heavy atom. The number of hydrogen-bond donors (Lipinski definition) is 1. The molecular formula is C16H25NO. The minimum atomic E-state index is 0.557. The van der Waals surface area contributed by atoms with Crippen molar-refractivity contribution in [1.82, 2.24) is 5.32 Å². The number of ether oxygens (including phenoxy) is 1. The highest BCUT2D eigenvalue weighted by Crippen LogP contribution is 2.23. The third kappa shape index (κ3) is 4.53. The first-order chi connectivity index (χ1) is 8.54. The van der Waals surface area contributed by atoms with Gasteiger partial charge in [-0.2, -0.15) is 0 Å². The molecule has 1 aromatic carbocycles. The zero-order valence-electron chi connectivity index (χ0n) is 12.2. The van der Waals surface area contributed by atoms with Gasteiger partial charge in [0.2, 0.25) is 0 Å². The maximum Gasteiger partial charge on any atom is 0.119 e. The summed E-state index contributed by atoms with van der Waals surface area (Å²) in [6, 6.07) is 6.79. The molecule has 18 heavy (non-hydrogen) atoms. The van der Waals surface area contributed by atoms with E-state index in [-0.39, 0.29) is 0 Å². The van der Waals surface area contributed by atoms with Crippen molar-refractivity contribution in [2.75, 3.05) is 13.7 Å². The van der Waals surface area contributed by atoms with Gasteiger partial charge in [0.25, 0.3) is 0 Å². The topological polar surface area (TPSA) is 21.3 Å². The van der Waals surface area contributed by atoms with E-state index in [1.54, 1.807) is 7.11 Å². The first-order valence-corrected chi connectivity index (χ1v) is 6.59. The maximum absolute atomic E-state index is 5.23. The molecule has 0 aromatic heterocycles. The van der Waals surface area contributed by atoms with E-state index in [1.807, 2.05) is 6.07 Å². The highest BCUT2D eigenvalue weighted by atomic mass is 16.5. The molecule has 2 heteroatoms. The van der Waals surface area contributed by atoms with Gasteiger partial charge in [0.15, 0.2) is 0 Å². The van der Waals surface area contributed by atoms with Gasteiger partial charge in [-0.15, -0.1) is 0 Å². The highest BCUT2D eigenvalue weighted by molar-refractivity contribution is 5.67. The van der Waals surface area contributed by atoms with Crippen molar-refractivity contribution in [1.29, 1.82) is 0 Å². The summed E-state index contributed by atoms with van der Waals surface area (Å²) >= 11 is 0. The van der Waals surface area contributed by atoms with Crippen LogP contribution in [0.25, 0.3) is 5.57 Å². The van der Waals surface area contributed by atoms with Crippen LogP contribution < -0.4 is 10.1 Å². The lowest BCUT2D eigenvalue weighted by molar-refractivity contribution is 0.414. The second kappa shape index (κ2) is 7.22. The normalized spacial score (nSPS) is 12.0. The SMILES string of the molecule is COc1ccc(C(C)=CCCNC(C)C)c(C)c1. The Labute approximate surface area is 111 Å². The molecule has 100 valence electrons. The van der Waals surface area contributed by atoms with E-state index in [9.17, 15) is 0 Å². The second-order valence-corrected chi connectivity index (χ2v) is 4.97. The van der Waals surface area contributed by atoms with Gasteiger partial charge >= 0.3 is 0 Å². The van der Waals surface area contributed by atoms with Gasteiger partial charge in [0.1, 0.15) is 5.75 Å². The molecule has 0 spiro atoms. The van der Waals surface area contributed by atoms with E-state index < -0.39 is 0 Å². The summed E-state index contributed by atoms with van der Waals surface area (Å²) in [6.45, 7) is 9.67. The maximum atomic E-state index is 5.23. The van der Waals surface area contributed by atoms with Gasteiger partial charge in [-0.05, 0) is 55.6 Å². The largest absolute Gasteiger partial charge is 0.497 e. The van der Waals surface area contributed by atoms with Crippen molar-refractivity contribution in [2.24, 2.45) is 0 Å². The summed E-state index contributed by atoms with van der Waals surface area (Å²) in [7, 11) is 1.70. The molecule has 0 aliphatic rings. The van der Waals surface area contributed by atoms with Crippen LogP contribution in [0.2, 0.25) is 0 Å². The van der Waals surface area contributed by atoms with Crippen LogP contribution in [-0.4, -0.2) is 19.7 Å². The van der Waals surface area contributed by atoms with Crippen molar-refractivity contribution in [2.45, 2.75) is 40.2 Å². The van der Waals surface area contributed by atoms with Crippen molar-refractivity contribution in [3.8, 4) is 5.75 Å². The average molecular weight is 247 g/mol. The quantitative estimate of drug-likeness (QED) is 0.772. The molecule has 0 saturated carbocycles. The van der Waals surface area contributed by atoms with Gasteiger partial charge in [-0.1, -0.05) is 26.0 Å². The van der Waals surface area contributed by atoms with Crippen LogP contribution in [-0.2, 0) is 0 Å². The zero-order chi connectivity index (χ0) is 13.5. The lowest BCUT2D eigenvalue weighted by Crippen LogP contribution is -2.23. The van der Waals surface area contributed by atoms with E-state index in [0.29, 0.717) is 6.04 Å². The molecule has 1 aromatic rings. The Balaban J connectivity index is 2.65. The smallest absolute Gasteiger partial charge is 0.119 e. The fourth-order valence-electron chi connectivity index (χ4n) is 1.98. The van der Waals surface area contributed by atoms with Crippen LogP contribution in [0.1, 0.15) is 38.3 Å².